The molecule has 0 saturated carbocycles. The summed E-state index contributed by atoms with van der Waals surface area (Å²) in [5, 5.41) is 10.4. The Balaban J connectivity index is 1.80. The van der Waals surface area contributed by atoms with Crippen LogP contribution in [0.4, 0.5) is 10.1 Å². The van der Waals surface area contributed by atoms with Crippen LogP contribution in [0.2, 0.25) is 0 Å². The molecule has 3 aromatic rings. The Morgan fingerprint density at radius 2 is 2.14 bits per heavy atom. The SMILES string of the molecule is Cc1cc(-c2ccc(NCc3sn[nH+]c3C)cc2F)n(C)n1. The summed E-state index contributed by atoms with van der Waals surface area (Å²) in [6.45, 7) is 4.48. The summed E-state index contributed by atoms with van der Waals surface area (Å²) in [5.41, 5.74) is 3.97. The van der Waals surface area contributed by atoms with Gasteiger partial charge in [-0.25, -0.2) is 4.39 Å². The number of aryl methyl sites for hydroxylation is 3. The van der Waals surface area contributed by atoms with Crippen molar-refractivity contribution in [2.24, 2.45) is 7.05 Å². The quantitative estimate of drug-likeness (QED) is 0.805. The summed E-state index contributed by atoms with van der Waals surface area (Å²) in [6, 6.07) is 7.04. The molecule has 2 heterocycles. The van der Waals surface area contributed by atoms with E-state index in [1.807, 2.05) is 33.0 Å². The number of rotatable bonds is 4. The monoisotopic (exact) mass is 318 g/mol. The second-order valence-electron chi connectivity index (χ2n) is 5.19. The summed E-state index contributed by atoms with van der Waals surface area (Å²) in [7, 11) is 1.82. The standard InChI is InChI=1S/C15H16FN5S/c1-9-6-14(21(3)19-9)12-5-4-11(7-13(12)16)17-8-15-10(2)18-20-22-15/h4-7,17H,8H2,1-3H3/p+1. The van der Waals surface area contributed by atoms with Gasteiger partial charge in [0.2, 0.25) is 5.69 Å². The molecule has 0 unspecified atom stereocenters. The normalized spacial score (nSPS) is 10.9. The largest absolute Gasteiger partial charge is 0.380 e. The maximum absolute atomic E-state index is 14.4. The zero-order chi connectivity index (χ0) is 15.7. The van der Waals surface area contributed by atoms with Crippen LogP contribution in [0, 0.1) is 19.7 Å². The number of hydrogen-bond donors (Lipinski definition) is 1. The van der Waals surface area contributed by atoms with Crippen molar-refractivity contribution in [2.45, 2.75) is 20.4 Å². The molecule has 0 spiro atoms. The Kier molecular flexibility index (Phi) is 3.89. The summed E-state index contributed by atoms with van der Waals surface area (Å²) < 4.78 is 20.1. The molecular weight excluding hydrogens is 301 g/mol. The van der Waals surface area contributed by atoms with Crippen molar-refractivity contribution in [1.29, 1.82) is 0 Å². The fourth-order valence-electron chi connectivity index (χ4n) is 2.32. The molecule has 0 radical (unpaired) electrons. The van der Waals surface area contributed by atoms with E-state index in [1.54, 1.807) is 10.7 Å². The average Bonchev–Trinajstić information content (AvgIpc) is 3.02. The van der Waals surface area contributed by atoms with E-state index in [2.05, 4.69) is 20.0 Å². The number of nitrogens with zero attached hydrogens (tertiary/aromatic N) is 3. The van der Waals surface area contributed by atoms with Gasteiger partial charge in [0.15, 0.2) is 0 Å². The van der Waals surface area contributed by atoms with E-state index >= 15 is 0 Å². The van der Waals surface area contributed by atoms with Gasteiger partial charge in [-0.1, -0.05) is 5.10 Å². The van der Waals surface area contributed by atoms with E-state index < -0.39 is 0 Å². The lowest BCUT2D eigenvalue weighted by atomic mass is 10.1. The van der Waals surface area contributed by atoms with E-state index in [9.17, 15) is 4.39 Å². The molecule has 5 nitrogen and oxygen atoms in total. The van der Waals surface area contributed by atoms with Crippen molar-refractivity contribution in [2.75, 3.05) is 5.32 Å². The highest BCUT2D eigenvalue weighted by Crippen LogP contribution is 2.26. The van der Waals surface area contributed by atoms with Gasteiger partial charge in [-0.3, -0.25) is 4.68 Å². The van der Waals surface area contributed by atoms with Gasteiger partial charge in [-0.2, -0.15) is 5.10 Å². The van der Waals surface area contributed by atoms with Crippen LogP contribution in [0.15, 0.2) is 24.3 Å². The Bertz CT molecular complexity index is 808. The van der Waals surface area contributed by atoms with E-state index in [-0.39, 0.29) is 5.82 Å². The number of anilines is 1. The molecule has 0 fully saturated rings. The van der Waals surface area contributed by atoms with Gasteiger partial charge in [0, 0.05) is 36.8 Å². The molecule has 7 heteroatoms. The van der Waals surface area contributed by atoms with E-state index in [4.69, 9.17) is 0 Å². The van der Waals surface area contributed by atoms with E-state index in [0.717, 1.165) is 27.6 Å². The fraction of sp³-hybridized carbons (Fsp3) is 0.267. The summed E-state index contributed by atoms with van der Waals surface area (Å²) in [6.07, 6.45) is 0. The van der Waals surface area contributed by atoms with Gasteiger partial charge in [-0.15, -0.1) is 0 Å². The van der Waals surface area contributed by atoms with Gasteiger partial charge in [0.05, 0.1) is 22.4 Å². The minimum absolute atomic E-state index is 0.263. The molecule has 0 saturated heterocycles. The van der Waals surface area contributed by atoms with Crippen molar-refractivity contribution in [3.8, 4) is 11.3 Å². The minimum atomic E-state index is -0.263. The zero-order valence-corrected chi connectivity index (χ0v) is 13.5. The molecule has 0 atom stereocenters. The third-order valence-corrected chi connectivity index (χ3v) is 4.34. The van der Waals surface area contributed by atoms with Gasteiger partial charge in [0.25, 0.3) is 0 Å². The van der Waals surface area contributed by atoms with Crippen molar-refractivity contribution in [3.63, 3.8) is 0 Å². The van der Waals surface area contributed by atoms with Crippen LogP contribution in [0.5, 0.6) is 0 Å². The number of nitrogens with one attached hydrogen (secondary N) is 2. The fourth-order valence-corrected chi connectivity index (χ4v) is 2.93. The molecule has 0 aliphatic carbocycles. The predicted octanol–water partition coefficient (Wildman–Crippen LogP) is 2.73. The molecule has 0 aliphatic rings. The Hall–Kier alpha value is -2.28. The lowest BCUT2D eigenvalue weighted by molar-refractivity contribution is -0.452. The first-order valence-corrected chi connectivity index (χ1v) is 7.69. The van der Waals surface area contributed by atoms with Crippen LogP contribution in [-0.2, 0) is 13.6 Å². The molecule has 1 aromatic carbocycles. The van der Waals surface area contributed by atoms with Crippen molar-refractivity contribution in [3.05, 3.63) is 46.3 Å². The van der Waals surface area contributed by atoms with Gasteiger partial charge in [0.1, 0.15) is 10.7 Å². The molecule has 0 amide bonds. The molecule has 22 heavy (non-hydrogen) atoms. The third kappa shape index (κ3) is 2.85. The molecule has 114 valence electrons. The maximum atomic E-state index is 14.4. The van der Waals surface area contributed by atoms with Crippen molar-refractivity contribution in [1.82, 2.24) is 14.3 Å². The number of H-pyrrole nitrogens is 1. The summed E-state index contributed by atoms with van der Waals surface area (Å²) in [4.78, 5) is 1.10. The highest BCUT2D eigenvalue weighted by atomic mass is 32.1. The summed E-state index contributed by atoms with van der Waals surface area (Å²) >= 11 is 1.40. The van der Waals surface area contributed by atoms with Gasteiger partial charge < -0.3 is 5.32 Å². The lowest BCUT2D eigenvalue weighted by Crippen LogP contribution is -2.07. The summed E-state index contributed by atoms with van der Waals surface area (Å²) in [5.74, 6) is -0.263. The van der Waals surface area contributed by atoms with Crippen LogP contribution >= 0.6 is 11.5 Å². The second kappa shape index (κ2) is 5.84. The lowest BCUT2D eigenvalue weighted by Gasteiger charge is -2.08. The highest BCUT2D eigenvalue weighted by molar-refractivity contribution is 7.05. The molecule has 0 aliphatic heterocycles. The van der Waals surface area contributed by atoms with Crippen molar-refractivity contribution >= 4 is 17.2 Å². The molecule has 3 rings (SSSR count). The second-order valence-corrected chi connectivity index (χ2v) is 6.04. The van der Waals surface area contributed by atoms with Crippen LogP contribution in [0.3, 0.4) is 0 Å². The smallest absolute Gasteiger partial charge is 0.220 e. The van der Waals surface area contributed by atoms with Gasteiger partial charge in [-0.05, 0) is 31.2 Å². The maximum Gasteiger partial charge on any atom is 0.220 e. The van der Waals surface area contributed by atoms with Gasteiger partial charge >= 0.3 is 0 Å². The first-order chi connectivity index (χ1) is 10.5. The Morgan fingerprint density at radius 3 is 2.73 bits per heavy atom. The topological polar surface area (TPSA) is 56.9 Å². The van der Waals surface area contributed by atoms with E-state index in [1.165, 1.54) is 17.6 Å². The third-order valence-electron chi connectivity index (χ3n) is 3.49. The first kappa shape index (κ1) is 14.6. The minimum Gasteiger partial charge on any atom is -0.380 e. The molecule has 2 aromatic heterocycles. The molecule has 2 N–H and O–H groups in total. The Labute approximate surface area is 132 Å². The number of halogens is 1. The van der Waals surface area contributed by atoms with E-state index in [0.29, 0.717) is 12.1 Å². The van der Waals surface area contributed by atoms with Crippen LogP contribution in [0.1, 0.15) is 16.3 Å². The van der Waals surface area contributed by atoms with Crippen LogP contribution in [-0.4, -0.2) is 14.3 Å². The number of aromatic amines is 1. The number of hydrogen-bond acceptors (Lipinski definition) is 4. The predicted molar refractivity (Wildman–Crippen MR) is 84.1 cm³/mol. The number of benzene rings is 1. The molecular formula is C15H17FN5S+. The average molecular weight is 318 g/mol. The Morgan fingerprint density at radius 1 is 1.32 bits per heavy atom. The highest BCUT2D eigenvalue weighted by Gasteiger charge is 2.12. The van der Waals surface area contributed by atoms with Crippen LogP contribution in [0.25, 0.3) is 11.3 Å². The number of aromatic nitrogens is 4. The first-order valence-electron chi connectivity index (χ1n) is 6.92. The molecule has 0 bridgehead atoms. The van der Waals surface area contributed by atoms with Crippen molar-refractivity contribution < 1.29 is 9.49 Å². The van der Waals surface area contributed by atoms with Crippen LogP contribution < -0.4 is 10.4 Å². The zero-order valence-electron chi connectivity index (χ0n) is 12.6.